The number of carboxylic acids is 1. The highest BCUT2D eigenvalue weighted by atomic mass is 32.2. The van der Waals surface area contributed by atoms with Gasteiger partial charge in [-0.05, 0) is 18.2 Å². The predicted octanol–water partition coefficient (Wildman–Crippen LogP) is 3.51. The molecule has 0 radical (unpaired) electrons. The van der Waals surface area contributed by atoms with Crippen molar-refractivity contribution >= 4 is 29.6 Å². The van der Waals surface area contributed by atoms with Gasteiger partial charge in [0.25, 0.3) is 0 Å². The number of fused-ring (bicyclic) bond motifs is 1. The molecule has 0 bridgehead atoms. The second kappa shape index (κ2) is 9.45. The number of ketones is 1. The average molecular weight is 432 g/mol. The number of ether oxygens (including phenoxy) is 5. The fourth-order valence-electron chi connectivity index (χ4n) is 2.82. The van der Waals surface area contributed by atoms with Crippen LogP contribution in [0.4, 0.5) is 0 Å². The monoisotopic (exact) mass is 432 g/mol. The Bertz CT molecular complexity index is 974. The van der Waals surface area contributed by atoms with E-state index in [1.54, 1.807) is 24.3 Å². The summed E-state index contributed by atoms with van der Waals surface area (Å²) < 4.78 is 26.8. The Morgan fingerprint density at radius 2 is 1.77 bits per heavy atom. The van der Waals surface area contributed by atoms with Crippen molar-refractivity contribution in [1.29, 1.82) is 0 Å². The Balaban J connectivity index is 1.96. The first-order valence-corrected chi connectivity index (χ1v) is 9.76. The number of methoxy groups -OCH3 is 3. The third-order valence-electron chi connectivity index (χ3n) is 4.25. The van der Waals surface area contributed by atoms with Crippen LogP contribution in [0.1, 0.15) is 15.9 Å². The van der Waals surface area contributed by atoms with E-state index in [0.717, 1.165) is 4.90 Å². The van der Waals surface area contributed by atoms with E-state index in [-0.39, 0.29) is 17.1 Å². The lowest BCUT2D eigenvalue weighted by Gasteiger charge is -2.13. The summed E-state index contributed by atoms with van der Waals surface area (Å²) in [6.45, 7) is -0.573. The Hall–Kier alpha value is -3.33. The van der Waals surface area contributed by atoms with E-state index < -0.39 is 12.6 Å². The molecule has 0 unspecified atom stereocenters. The Kier molecular flexibility index (Phi) is 6.73. The molecule has 1 heterocycles. The zero-order chi connectivity index (χ0) is 21.7. The van der Waals surface area contributed by atoms with Gasteiger partial charge >= 0.3 is 5.97 Å². The van der Waals surface area contributed by atoms with Crippen molar-refractivity contribution in [2.75, 3.05) is 33.9 Å². The number of aliphatic carboxylic acids is 1. The van der Waals surface area contributed by atoms with E-state index in [4.69, 9.17) is 28.8 Å². The lowest BCUT2D eigenvalue weighted by Crippen LogP contribution is -2.11. The van der Waals surface area contributed by atoms with Gasteiger partial charge < -0.3 is 28.8 Å². The molecule has 1 aliphatic rings. The Labute approximate surface area is 177 Å². The standard InChI is InChI=1S/C21H20O8S/c1-25-12-6-16(26-2)13(17(7-12)27-3)4-5-15(22)14-8-20-19(29-11-30-20)9-18(14)28-10-21(23)24/h4-9H,10-11H2,1-3H3,(H,23,24)/b5-4+. The number of benzene rings is 2. The van der Waals surface area contributed by atoms with Crippen LogP contribution in [0.2, 0.25) is 0 Å². The number of carboxylic acid groups (broad SMARTS) is 1. The van der Waals surface area contributed by atoms with Crippen LogP contribution >= 0.6 is 11.8 Å². The molecule has 0 saturated heterocycles. The van der Waals surface area contributed by atoms with Crippen molar-refractivity contribution in [3.05, 3.63) is 41.5 Å². The molecule has 0 atom stereocenters. The second-order valence-corrected chi connectivity index (χ2v) is 6.99. The molecule has 2 aromatic carbocycles. The zero-order valence-corrected chi connectivity index (χ0v) is 17.4. The van der Waals surface area contributed by atoms with Crippen molar-refractivity contribution in [2.24, 2.45) is 0 Å². The van der Waals surface area contributed by atoms with Crippen LogP contribution in [0.3, 0.4) is 0 Å². The highest BCUT2D eigenvalue weighted by Gasteiger charge is 2.21. The van der Waals surface area contributed by atoms with Gasteiger partial charge in [-0.25, -0.2) is 4.79 Å². The Morgan fingerprint density at radius 1 is 1.07 bits per heavy atom. The van der Waals surface area contributed by atoms with E-state index >= 15 is 0 Å². The summed E-state index contributed by atoms with van der Waals surface area (Å²) in [5.41, 5.74) is 0.789. The van der Waals surface area contributed by atoms with E-state index in [9.17, 15) is 9.59 Å². The van der Waals surface area contributed by atoms with Gasteiger partial charge in [0.05, 0.1) is 37.4 Å². The quantitative estimate of drug-likeness (QED) is 0.471. The van der Waals surface area contributed by atoms with Crippen molar-refractivity contribution in [3.63, 3.8) is 0 Å². The maximum atomic E-state index is 12.9. The fraction of sp³-hybridized carbons (Fsp3) is 0.238. The molecule has 158 valence electrons. The Morgan fingerprint density at radius 3 is 2.37 bits per heavy atom. The summed E-state index contributed by atoms with van der Waals surface area (Å²) >= 11 is 1.44. The molecule has 0 aliphatic carbocycles. The molecule has 0 saturated carbocycles. The SMILES string of the molecule is COc1cc(OC)c(/C=C/C(=O)c2cc3c(cc2OCC(=O)O)OCS3)c(OC)c1. The largest absolute Gasteiger partial charge is 0.496 e. The molecule has 9 heteroatoms. The van der Waals surface area contributed by atoms with Crippen LogP contribution in [0.15, 0.2) is 35.2 Å². The first-order valence-electron chi connectivity index (χ1n) is 8.77. The van der Waals surface area contributed by atoms with Gasteiger partial charge in [-0.2, -0.15) is 0 Å². The fourth-order valence-corrected chi connectivity index (χ4v) is 3.59. The van der Waals surface area contributed by atoms with E-state index in [1.165, 1.54) is 45.2 Å². The highest BCUT2D eigenvalue weighted by Crippen LogP contribution is 2.41. The van der Waals surface area contributed by atoms with Gasteiger partial charge in [-0.1, -0.05) is 11.8 Å². The van der Waals surface area contributed by atoms with Gasteiger partial charge in [0.2, 0.25) is 0 Å². The minimum atomic E-state index is -1.15. The predicted molar refractivity (Wildman–Crippen MR) is 110 cm³/mol. The van der Waals surface area contributed by atoms with Crippen molar-refractivity contribution in [3.8, 4) is 28.7 Å². The van der Waals surface area contributed by atoms with Crippen LogP contribution in [0, 0.1) is 0 Å². The van der Waals surface area contributed by atoms with E-state index in [1.807, 2.05) is 0 Å². The zero-order valence-electron chi connectivity index (χ0n) is 16.6. The van der Waals surface area contributed by atoms with Gasteiger partial charge in [0, 0.05) is 18.2 Å². The van der Waals surface area contributed by atoms with Crippen molar-refractivity contribution < 1.29 is 38.4 Å². The number of rotatable bonds is 9. The molecule has 0 amide bonds. The van der Waals surface area contributed by atoms with Crippen molar-refractivity contribution in [2.45, 2.75) is 4.90 Å². The van der Waals surface area contributed by atoms with Crippen LogP contribution < -0.4 is 23.7 Å². The highest BCUT2D eigenvalue weighted by molar-refractivity contribution is 7.99. The van der Waals surface area contributed by atoms with Gasteiger partial charge in [-0.3, -0.25) is 4.79 Å². The maximum absolute atomic E-state index is 12.9. The van der Waals surface area contributed by atoms with Gasteiger partial charge in [0.1, 0.15) is 34.7 Å². The third kappa shape index (κ3) is 4.62. The summed E-state index contributed by atoms with van der Waals surface area (Å²) in [6, 6.07) is 6.53. The molecular formula is C21H20O8S. The van der Waals surface area contributed by atoms with E-state index in [2.05, 4.69) is 0 Å². The second-order valence-electron chi connectivity index (χ2n) is 6.03. The minimum absolute atomic E-state index is 0.141. The molecular weight excluding hydrogens is 412 g/mol. The van der Waals surface area contributed by atoms with Crippen LogP contribution in [-0.2, 0) is 4.79 Å². The summed E-state index contributed by atoms with van der Waals surface area (Å²) in [7, 11) is 4.54. The number of thioether (sulfide) groups is 1. The molecule has 30 heavy (non-hydrogen) atoms. The summed E-state index contributed by atoms with van der Waals surface area (Å²) in [5, 5.41) is 8.91. The lowest BCUT2D eigenvalue weighted by atomic mass is 10.1. The molecule has 1 N–H and O–H groups in total. The summed E-state index contributed by atoms with van der Waals surface area (Å²) in [4.78, 5) is 24.6. The normalized spacial score (nSPS) is 12.2. The first kappa shape index (κ1) is 21.4. The van der Waals surface area contributed by atoms with Crippen LogP contribution in [0.5, 0.6) is 28.7 Å². The molecule has 0 aromatic heterocycles. The van der Waals surface area contributed by atoms with Crippen molar-refractivity contribution in [1.82, 2.24) is 0 Å². The molecule has 3 rings (SSSR count). The molecule has 1 aliphatic heterocycles. The molecule has 0 spiro atoms. The summed E-state index contributed by atoms with van der Waals surface area (Å²) in [5.74, 6) is 1.08. The van der Waals surface area contributed by atoms with Crippen LogP contribution in [-0.4, -0.2) is 50.7 Å². The third-order valence-corrected chi connectivity index (χ3v) is 5.11. The molecule has 2 aromatic rings. The minimum Gasteiger partial charge on any atom is -0.496 e. The summed E-state index contributed by atoms with van der Waals surface area (Å²) in [6.07, 6.45) is 2.92. The van der Waals surface area contributed by atoms with Gasteiger partial charge in [-0.15, -0.1) is 0 Å². The number of carbonyl (C=O) groups is 2. The smallest absolute Gasteiger partial charge is 0.341 e. The van der Waals surface area contributed by atoms with E-state index in [0.29, 0.717) is 34.5 Å². The number of hydrogen-bond donors (Lipinski definition) is 1. The molecule has 8 nitrogen and oxygen atoms in total. The number of hydrogen-bond acceptors (Lipinski definition) is 8. The topological polar surface area (TPSA) is 101 Å². The average Bonchev–Trinajstić information content (AvgIpc) is 3.21. The van der Waals surface area contributed by atoms with Crippen LogP contribution in [0.25, 0.3) is 6.08 Å². The first-order chi connectivity index (χ1) is 14.5. The number of allylic oxidation sites excluding steroid dienone is 1. The maximum Gasteiger partial charge on any atom is 0.341 e. The van der Waals surface area contributed by atoms with Gasteiger partial charge in [0.15, 0.2) is 12.4 Å². The number of carbonyl (C=O) groups excluding carboxylic acids is 1. The lowest BCUT2D eigenvalue weighted by molar-refractivity contribution is -0.139. The molecule has 0 fully saturated rings.